The van der Waals surface area contributed by atoms with Crippen LogP contribution >= 0.6 is 0 Å². The van der Waals surface area contributed by atoms with E-state index in [4.69, 9.17) is 14.4 Å². The van der Waals surface area contributed by atoms with E-state index in [9.17, 15) is 0 Å². The average molecular weight is 182 g/mol. The van der Waals surface area contributed by atoms with Crippen LogP contribution in [0.2, 0.25) is 0 Å². The zero-order valence-corrected chi connectivity index (χ0v) is 7.93. The second-order valence-electron chi connectivity index (χ2n) is 1.51. The largest absolute Gasteiger partial charge is 0.698 e. The van der Waals surface area contributed by atoms with Crippen LogP contribution in [0.4, 0.5) is 0 Å². The van der Waals surface area contributed by atoms with Crippen LogP contribution in [0.5, 0.6) is 0 Å². The highest BCUT2D eigenvalue weighted by molar-refractivity contribution is 6.48. The van der Waals surface area contributed by atoms with E-state index in [1.807, 2.05) is 0 Å². The fraction of sp³-hybridized carbons (Fsp3) is 0.333. The van der Waals surface area contributed by atoms with Gasteiger partial charge in [-0.05, 0) is 6.92 Å². The van der Waals surface area contributed by atoms with Gasteiger partial charge in [0, 0.05) is 0 Å². The molecule has 0 spiro atoms. The predicted octanol–water partition coefficient (Wildman–Crippen LogP) is -2.04. The number of hydrogen-bond acceptors (Lipinski definition) is 5. The minimum Gasteiger partial charge on any atom is -0.366 e. The average Bonchev–Trinajstić information content (AvgIpc) is 1.78. The molecule has 5 nitrogen and oxygen atoms in total. The van der Waals surface area contributed by atoms with Gasteiger partial charge in [0.05, 0.1) is 0 Å². The quantitative estimate of drug-likeness (QED) is 0.202. The van der Waals surface area contributed by atoms with Crippen LogP contribution in [0.25, 0.3) is 0 Å². The van der Waals surface area contributed by atoms with Gasteiger partial charge in [-0.15, -0.1) is 0 Å². The molecule has 0 radical (unpaired) electrons. The molecule has 0 atom stereocenters. The summed E-state index contributed by atoms with van der Waals surface area (Å²) in [7, 11) is -5.45. The molecule has 7 heteroatoms. The zero-order chi connectivity index (χ0) is 8.04. The molecule has 3 N–H and O–H groups in total. The summed E-state index contributed by atoms with van der Waals surface area (Å²) in [6.07, 6.45) is 1.75. The summed E-state index contributed by atoms with van der Waals surface area (Å²) in [6.45, 7) is 1.80. The van der Waals surface area contributed by atoms with Crippen molar-refractivity contribution in [1.29, 1.82) is 0 Å². The molecular weight excluding hydrogens is 172 g/mol. The fourth-order valence-corrected chi connectivity index (χ4v) is 1.42. The van der Waals surface area contributed by atoms with Crippen molar-refractivity contribution in [2.24, 2.45) is 0 Å². The predicted molar refractivity (Wildman–Crippen MR) is 37.9 cm³/mol. The third-order valence-electron chi connectivity index (χ3n) is 0.571. The van der Waals surface area contributed by atoms with Crippen LogP contribution in [-0.4, -0.2) is 33.2 Å². The summed E-state index contributed by atoms with van der Waals surface area (Å²) in [5, 5.41) is 0. The molecule has 0 aliphatic heterocycles. The molecule has 0 aromatic heterocycles. The smallest absolute Gasteiger partial charge is 0.366 e. The van der Waals surface area contributed by atoms with Crippen molar-refractivity contribution in [2.75, 3.05) is 0 Å². The van der Waals surface area contributed by atoms with Gasteiger partial charge in [-0.1, -0.05) is 11.8 Å². The van der Waals surface area contributed by atoms with E-state index in [0.29, 0.717) is 0 Å². The molecule has 0 amide bonds. The SMILES string of the molecule is CC=C[SiH2]OO[Si](O)(O)O. The first-order chi connectivity index (χ1) is 4.56. The Morgan fingerprint density at radius 3 is 2.40 bits per heavy atom. The van der Waals surface area contributed by atoms with Gasteiger partial charge in [0.1, 0.15) is 0 Å². The first kappa shape index (κ1) is 9.97. The molecule has 0 aliphatic carbocycles. The van der Waals surface area contributed by atoms with Crippen LogP contribution in [0.1, 0.15) is 6.92 Å². The lowest BCUT2D eigenvalue weighted by atomic mass is 10.8. The van der Waals surface area contributed by atoms with Crippen molar-refractivity contribution >= 4 is 18.8 Å². The van der Waals surface area contributed by atoms with Crippen LogP contribution in [0.3, 0.4) is 0 Å². The maximum atomic E-state index is 8.22. The first-order valence-electron chi connectivity index (χ1n) is 2.65. The van der Waals surface area contributed by atoms with Crippen molar-refractivity contribution in [2.45, 2.75) is 6.92 Å². The molecule has 60 valence electrons. The Morgan fingerprint density at radius 1 is 1.40 bits per heavy atom. The summed E-state index contributed by atoms with van der Waals surface area (Å²) < 4.78 is 8.15. The lowest BCUT2D eigenvalue weighted by Crippen LogP contribution is -2.39. The maximum absolute atomic E-state index is 8.22. The van der Waals surface area contributed by atoms with Gasteiger partial charge in [-0.2, -0.15) is 0 Å². The molecule has 0 aliphatic rings. The van der Waals surface area contributed by atoms with E-state index in [2.05, 4.69) is 9.15 Å². The van der Waals surface area contributed by atoms with E-state index in [0.717, 1.165) is 0 Å². The van der Waals surface area contributed by atoms with E-state index in [1.54, 1.807) is 18.7 Å². The molecule has 0 bridgehead atoms. The maximum Gasteiger partial charge on any atom is 0.698 e. The normalized spacial score (nSPS) is 14.0. The summed E-state index contributed by atoms with van der Waals surface area (Å²) in [4.78, 5) is 24.7. The van der Waals surface area contributed by atoms with Crippen LogP contribution in [0, 0.1) is 0 Å². The van der Waals surface area contributed by atoms with Gasteiger partial charge in [0.25, 0.3) is 0 Å². The van der Waals surface area contributed by atoms with Gasteiger partial charge in [-0.25, -0.2) is 4.58 Å². The third kappa shape index (κ3) is 7.97. The molecule has 10 heavy (non-hydrogen) atoms. The van der Waals surface area contributed by atoms with Crippen molar-refractivity contribution in [1.82, 2.24) is 0 Å². The molecule has 0 aromatic carbocycles. The third-order valence-corrected chi connectivity index (χ3v) is 2.07. The minimum absolute atomic E-state index is 1.02. The second-order valence-corrected chi connectivity index (χ2v) is 3.87. The molecule has 0 heterocycles. The second kappa shape index (κ2) is 4.74. The fourth-order valence-electron chi connectivity index (χ4n) is 0.249. The van der Waals surface area contributed by atoms with Crippen molar-refractivity contribution < 1.29 is 23.5 Å². The summed E-state index contributed by atoms with van der Waals surface area (Å²) in [5.74, 6) is 0. The Kier molecular flexibility index (Phi) is 4.73. The molecule has 0 unspecified atom stereocenters. The Hall–Kier alpha value is -0.0262. The zero-order valence-electron chi connectivity index (χ0n) is 5.52. The molecule has 0 fully saturated rings. The number of hydrogen-bond donors (Lipinski definition) is 3. The number of rotatable bonds is 4. The summed E-state index contributed by atoms with van der Waals surface area (Å²) >= 11 is 0. The highest BCUT2D eigenvalue weighted by Gasteiger charge is 2.32. The van der Waals surface area contributed by atoms with Crippen molar-refractivity contribution in [3.05, 3.63) is 11.8 Å². The molecular formula is C3H10O5Si2. The lowest BCUT2D eigenvalue weighted by Gasteiger charge is -2.06. The van der Waals surface area contributed by atoms with E-state index < -0.39 is 18.8 Å². The molecule has 0 aromatic rings. The standard InChI is InChI=1S/C3H10O5Si2/c1-2-3-9-7-8-10(4,5)6/h2-6H,9H2,1H3. The Balaban J connectivity index is 3.20. The Bertz CT molecular complexity index is 108. The summed E-state index contributed by atoms with van der Waals surface area (Å²) in [6, 6.07) is 0. The topological polar surface area (TPSA) is 79.2 Å². The highest BCUT2D eigenvalue weighted by atomic mass is 28.4. The molecule has 0 rings (SSSR count). The van der Waals surface area contributed by atoms with Gasteiger partial charge in [-0.3, -0.25) is 4.58 Å². The van der Waals surface area contributed by atoms with Crippen LogP contribution in [-0.2, 0) is 9.15 Å². The van der Waals surface area contributed by atoms with Crippen molar-refractivity contribution in [3.63, 3.8) is 0 Å². The van der Waals surface area contributed by atoms with E-state index in [1.165, 1.54) is 0 Å². The molecule has 0 saturated heterocycles. The Morgan fingerprint density at radius 2 is 2.00 bits per heavy atom. The van der Waals surface area contributed by atoms with E-state index >= 15 is 0 Å². The first-order valence-corrected chi connectivity index (χ1v) is 5.79. The van der Waals surface area contributed by atoms with Crippen LogP contribution in [0.15, 0.2) is 11.8 Å². The lowest BCUT2D eigenvalue weighted by molar-refractivity contribution is -0.176. The van der Waals surface area contributed by atoms with Crippen molar-refractivity contribution in [3.8, 4) is 0 Å². The van der Waals surface area contributed by atoms with E-state index in [-0.39, 0.29) is 0 Å². The van der Waals surface area contributed by atoms with Crippen LogP contribution < -0.4 is 0 Å². The van der Waals surface area contributed by atoms with Gasteiger partial charge >= 0.3 is 9.05 Å². The monoisotopic (exact) mass is 182 g/mol. The van der Waals surface area contributed by atoms with Gasteiger partial charge in [0.15, 0.2) is 0 Å². The number of allylic oxidation sites excluding steroid dienone is 1. The van der Waals surface area contributed by atoms with Gasteiger partial charge in [0.2, 0.25) is 9.76 Å². The molecule has 0 saturated carbocycles. The Labute approximate surface area is 61.9 Å². The minimum atomic E-state index is -4.43. The highest BCUT2D eigenvalue weighted by Crippen LogP contribution is 1.88. The summed E-state index contributed by atoms with van der Waals surface area (Å²) in [5.41, 5.74) is 1.72. The van der Waals surface area contributed by atoms with Gasteiger partial charge < -0.3 is 14.4 Å².